The van der Waals surface area contributed by atoms with Crippen LogP contribution in [0.25, 0.3) is 0 Å². The van der Waals surface area contributed by atoms with Gasteiger partial charge in [0.15, 0.2) is 0 Å². The van der Waals surface area contributed by atoms with Gasteiger partial charge in [-0.2, -0.15) is 0 Å². The van der Waals surface area contributed by atoms with Gasteiger partial charge in [0.2, 0.25) is 0 Å². The third-order valence-electron chi connectivity index (χ3n) is 2.71. The van der Waals surface area contributed by atoms with Gasteiger partial charge in [0, 0.05) is 12.6 Å². The van der Waals surface area contributed by atoms with E-state index in [1.54, 1.807) is 19.2 Å². The maximum absolute atomic E-state index is 11.7. The Morgan fingerprint density at radius 3 is 2.80 bits per heavy atom. The second-order valence-electron chi connectivity index (χ2n) is 3.62. The highest BCUT2D eigenvalue weighted by Crippen LogP contribution is 2.34. The maximum atomic E-state index is 11.7. The molecule has 0 saturated heterocycles. The lowest BCUT2D eigenvalue weighted by Crippen LogP contribution is -2.24. The zero-order chi connectivity index (χ0) is 11.0. The average molecular weight is 205 g/mol. The lowest BCUT2D eigenvalue weighted by Gasteiger charge is -2.18. The molecule has 1 heterocycles. The van der Waals surface area contributed by atoms with E-state index >= 15 is 0 Å². The molecule has 0 spiro atoms. The van der Waals surface area contributed by atoms with Crippen LogP contribution in [0.4, 0.5) is 0 Å². The van der Waals surface area contributed by atoms with Crippen molar-refractivity contribution in [3.63, 3.8) is 0 Å². The molecule has 0 bridgehead atoms. The summed E-state index contributed by atoms with van der Waals surface area (Å²) < 4.78 is 0. The number of carboxylic acid groups (broad SMARTS) is 1. The highest BCUT2D eigenvalue weighted by molar-refractivity contribution is 5.99. The first-order valence-electron chi connectivity index (χ1n) is 4.69. The lowest BCUT2D eigenvalue weighted by molar-refractivity contribution is -0.138. The second-order valence-corrected chi connectivity index (χ2v) is 3.62. The molecule has 0 unspecified atom stereocenters. The van der Waals surface area contributed by atoms with Gasteiger partial charge in [0.1, 0.15) is 0 Å². The van der Waals surface area contributed by atoms with Crippen LogP contribution in [0.3, 0.4) is 0 Å². The minimum atomic E-state index is -0.892. The van der Waals surface area contributed by atoms with Crippen LogP contribution in [-0.2, 0) is 4.79 Å². The Morgan fingerprint density at radius 1 is 1.47 bits per heavy atom. The van der Waals surface area contributed by atoms with Gasteiger partial charge in [0.05, 0.1) is 12.5 Å². The summed E-state index contributed by atoms with van der Waals surface area (Å²) in [4.78, 5) is 23.9. The van der Waals surface area contributed by atoms with E-state index in [-0.39, 0.29) is 18.4 Å². The SMILES string of the molecule is CN1C(=O)c2ccccc2[C@H]1CC(=O)O. The number of aliphatic carboxylic acids is 1. The number of carbonyl (C=O) groups excluding carboxylic acids is 1. The van der Waals surface area contributed by atoms with Crippen molar-refractivity contribution in [2.24, 2.45) is 0 Å². The van der Waals surface area contributed by atoms with E-state index in [9.17, 15) is 9.59 Å². The third-order valence-corrected chi connectivity index (χ3v) is 2.71. The Bertz CT molecular complexity index is 428. The van der Waals surface area contributed by atoms with E-state index in [0.717, 1.165) is 5.56 Å². The molecule has 0 fully saturated rings. The molecule has 1 aliphatic heterocycles. The van der Waals surface area contributed by atoms with Gasteiger partial charge in [-0.15, -0.1) is 0 Å². The summed E-state index contributed by atoms with van der Waals surface area (Å²) in [6.45, 7) is 0. The Hall–Kier alpha value is -1.84. The van der Waals surface area contributed by atoms with Gasteiger partial charge in [-0.1, -0.05) is 18.2 Å². The van der Waals surface area contributed by atoms with Crippen LogP contribution in [0.1, 0.15) is 28.4 Å². The topological polar surface area (TPSA) is 57.6 Å². The largest absolute Gasteiger partial charge is 0.481 e. The minimum absolute atomic E-state index is 0.0424. The lowest BCUT2D eigenvalue weighted by atomic mass is 10.0. The van der Waals surface area contributed by atoms with Crippen molar-refractivity contribution in [1.29, 1.82) is 0 Å². The van der Waals surface area contributed by atoms with Crippen LogP contribution in [-0.4, -0.2) is 28.9 Å². The van der Waals surface area contributed by atoms with E-state index in [1.165, 1.54) is 4.90 Å². The molecule has 0 aliphatic carbocycles. The van der Waals surface area contributed by atoms with Gasteiger partial charge < -0.3 is 10.0 Å². The van der Waals surface area contributed by atoms with Crippen molar-refractivity contribution in [1.82, 2.24) is 4.90 Å². The van der Waals surface area contributed by atoms with Crippen molar-refractivity contribution >= 4 is 11.9 Å². The van der Waals surface area contributed by atoms with Gasteiger partial charge in [0.25, 0.3) is 5.91 Å². The number of hydrogen-bond donors (Lipinski definition) is 1. The quantitative estimate of drug-likeness (QED) is 0.791. The first-order valence-corrected chi connectivity index (χ1v) is 4.69. The Balaban J connectivity index is 2.42. The molecule has 1 N–H and O–H groups in total. The summed E-state index contributed by atoms with van der Waals surface area (Å²) in [7, 11) is 1.63. The molecule has 1 aromatic rings. The number of carboxylic acids is 1. The van der Waals surface area contributed by atoms with Crippen LogP contribution in [0.5, 0.6) is 0 Å². The first kappa shape index (κ1) is 9.71. The van der Waals surface area contributed by atoms with Crippen LogP contribution < -0.4 is 0 Å². The predicted molar refractivity (Wildman–Crippen MR) is 53.5 cm³/mol. The summed E-state index contributed by atoms with van der Waals surface area (Å²) in [5, 5.41) is 8.77. The molecule has 0 aromatic heterocycles. The molecular weight excluding hydrogens is 194 g/mol. The number of rotatable bonds is 2. The number of benzene rings is 1. The fourth-order valence-corrected chi connectivity index (χ4v) is 1.93. The highest BCUT2D eigenvalue weighted by Gasteiger charge is 2.34. The van der Waals surface area contributed by atoms with E-state index in [0.29, 0.717) is 5.56 Å². The fraction of sp³-hybridized carbons (Fsp3) is 0.273. The Morgan fingerprint density at radius 2 is 2.13 bits per heavy atom. The number of carbonyl (C=O) groups is 2. The van der Waals surface area contributed by atoms with Gasteiger partial charge in [-0.25, -0.2) is 0 Å². The van der Waals surface area contributed by atoms with Crippen LogP contribution in [0.15, 0.2) is 24.3 Å². The summed E-state index contributed by atoms with van der Waals surface area (Å²) in [6.07, 6.45) is -0.0424. The Labute approximate surface area is 87.1 Å². The number of amides is 1. The molecule has 1 atom stereocenters. The van der Waals surface area contributed by atoms with E-state index < -0.39 is 5.97 Å². The number of nitrogens with zero attached hydrogens (tertiary/aromatic N) is 1. The molecule has 4 nitrogen and oxygen atoms in total. The number of fused-ring (bicyclic) bond motifs is 1. The minimum Gasteiger partial charge on any atom is -0.481 e. The number of hydrogen-bond acceptors (Lipinski definition) is 2. The average Bonchev–Trinajstić information content (AvgIpc) is 2.44. The van der Waals surface area contributed by atoms with Crippen LogP contribution in [0, 0.1) is 0 Å². The van der Waals surface area contributed by atoms with E-state index in [1.807, 2.05) is 12.1 Å². The second kappa shape index (κ2) is 3.38. The van der Waals surface area contributed by atoms with Crippen molar-refractivity contribution in [2.75, 3.05) is 7.05 Å². The summed E-state index contributed by atoms with van der Waals surface area (Å²) in [6, 6.07) is 6.82. The van der Waals surface area contributed by atoms with Gasteiger partial charge in [-0.05, 0) is 11.6 Å². The van der Waals surface area contributed by atoms with Crippen molar-refractivity contribution in [2.45, 2.75) is 12.5 Å². The monoisotopic (exact) mass is 205 g/mol. The zero-order valence-corrected chi connectivity index (χ0v) is 8.30. The molecular formula is C11H11NO3. The summed E-state index contributed by atoms with van der Waals surface area (Å²) >= 11 is 0. The molecule has 78 valence electrons. The first-order chi connectivity index (χ1) is 7.11. The normalized spacial score (nSPS) is 19.1. The van der Waals surface area contributed by atoms with Crippen molar-refractivity contribution in [3.05, 3.63) is 35.4 Å². The predicted octanol–water partition coefficient (Wildman–Crippen LogP) is 1.29. The van der Waals surface area contributed by atoms with Crippen molar-refractivity contribution < 1.29 is 14.7 Å². The highest BCUT2D eigenvalue weighted by atomic mass is 16.4. The summed E-state index contributed by atoms with van der Waals surface area (Å²) in [5.74, 6) is -0.992. The molecule has 1 aliphatic rings. The van der Waals surface area contributed by atoms with Crippen LogP contribution in [0.2, 0.25) is 0 Å². The summed E-state index contributed by atoms with van der Waals surface area (Å²) in [5.41, 5.74) is 1.43. The van der Waals surface area contributed by atoms with Crippen molar-refractivity contribution in [3.8, 4) is 0 Å². The maximum Gasteiger partial charge on any atom is 0.305 e. The zero-order valence-electron chi connectivity index (χ0n) is 8.30. The molecule has 1 aromatic carbocycles. The molecule has 4 heteroatoms. The van der Waals surface area contributed by atoms with Gasteiger partial charge >= 0.3 is 5.97 Å². The van der Waals surface area contributed by atoms with Gasteiger partial charge in [-0.3, -0.25) is 9.59 Å². The van der Waals surface area contributed by atoms with Crippen LogP contribution >= 0.6 is 0 Å². The molecule has 1 amide bonds. The van der Waals surface area contributed by atoms with E-state index in [2.05, 4.69) is 0 Å². The molecule has 2 rings (SSSR count). The standard InChI is InChI=1S/C11H11NO3/c1-12-9(6-10(13)14)7-4-2-3-5-8(7)11(12)15/h2-5,9H,6H2,1H3,(H,13,14)/t9-/m1/s1. The molecule has 0 saturated carbocycles. The van der Waals surface area contributed by atoms with E-state index in [4.69, 9.17) is 5.11 Å². The third kappa shape index (κ3) is 1.48. The molecule has 0 radical (unpaired) electrons. The Kier molecular flexibility index (Phi) is 2.19. The fourth-order valence-electron chi connectivity index (χ4n) is 1.93. The smallest absolute Gasteiger partial charge is 0.305 e. The molecule has 15 heavy (non-hydrogen) atoms.